The molecule has 0 aromatic carbocycles. The Morgan fingerprint density at radius 2 is 0.566 bits per heavy atom. The number of carbonyl (C=O) groups excluding carboxylic acids is 7. The van der Waals surface area contributed by atoms with E-state index in [9.17, 15) is 151 Å². The van der Waals surface area contributed by atoms with Crippen molar-refractivity contribution in [2.24, 2.45) is 0 Å². The zero-order valence-corrected chi connectivity index (χ0v) is 72.3. The second-order valence-corrected chi connectivity index (χ2v) is 32.2. The molecule has 7 saturated heterocycles. The number of rotatable bonds is 52. The molecule has 51 nitrogen and oxygen atoms in total. The maximum absolute atomic E-state index is 13.6. The normalized spacial score (nSPS) is 36.8. The lowest BCUT2D eigenvalue weighted by molar-refractivity contribution is -0.366. The molecule has 0 spiro atoms. The largest absolute Gasteiger partial charge is 0.394 e. The lowest BCUT2D eigenvalue weighted by Gasteiger charge is -2.46. The molecule has 0 unspecified atom stereocenters. The number of hydrogen-bond acceptors (Lipinski definition) is 44. The molecule has 0 aromatic rings. The Hall–Kier alpha value is -5.19. The molecule has 750 valence electrons. The highest BCUT2D eigenvalue weighted by atomic mass is 16.8. The van der Waals surface area contributed by atoms with Crippen LogP contribution in [0.4, 0.5) is 0 Å². The number of amides is 7. The molecule has 129 heavy (non-hydrogen) atoms. The highest BCUT2D eigenvalue weighted by molar-refractivity contribution is 5.87. The Balaban J connectivity index is 0.000000453. The quantitative estimate of drug-likeness (QED) is 0.0252. The predicted octanol–water partition coefficient (Wildman–Crippen LogP) is -14.4. The summed E-state index contributed by atoms with van der Waals surface area (Å²) in [5, 5.41) is 255. The molecule has 0 bridgehead atoms. The fourth-order valence-corrected chi connectivity index (χ4v) is 14.6. The Bertz CT molecular complexity index is 3230. The van der Waals surface area contributed by atoms with Gasteiger partial charge in [0.05, 0.1) is 65.6 Å². The number of nitrogens with one attached hydrogen (secondary N) is 7. The molecule has 7 amide bonds. The molecular formula is C78H139N7O44. The van der Waals surface area contributed by atoms with Crippen LogP contribution in [0.15, 0.2) is 0 Å². The minimum absolute atomic E-state index is 0.0296. The van der Waals surface area contributed by atoms with Crippen molar-refractivity contribution in [1.29, 1.82) is 0 Å². The van der Waals surface area contributed by atoms with Crippen LogP contribution in [0.1, 0.15) is 130 Å². The molecule has 0 aromatic heterocycles. The van der Waals surface area contributed by atoms with Crippen LogP contribution >= 0.6 is 0 Å². The minimum Gasteiger partial charge on any atom is -0.394 e. The Labute approximate surface area is 743 Å². The summed E-state index contributed by atoms with van der Waals surface area (Å²) < 4.78 is 77.5. The van der Waals surface area contributed by atoms with Crippen molar-refractivity contribution in [3.8, 4) is 0 Å². The van der Waals surface area contributed by atoms with Crippen LogP contribution in [0.3, 0.4) is 0 Å². The zero-order valence-electron chi connectivity index (χ0n) is 72.3. The van der Waals surface area contributed by atoms with Crippen molar-refractivity contribution >= 4 is 41.4 Å². The van der Waals surface area contributed by atoms with Crippen LogP contribution < -0.4 is 37.2 Å². The van der Waals surface area contributed by atoms with E-state index in [1.807, 2.05) is 6.92 Å². The van der Waals surface area contributed by atoms with Crippen molar-refractivity contribution in [2.75, 3.05) is 98.7 Å². The molecule has 0 saturated carbocycles. The van der Waals surface area contributed by atoms with Gasteiger partial charge in [-0.15, -0.1) is 0 Å². The van der Waals surface area contributed by atoms with Crippen molar-refractivity contribution in [2.45, 2.75) is 351 Å². The lowest BCUT2D eigenvalue weighted by atomic mass is 9.96. The average Bonchev–Trinajstić information content (AvgIpc) is 0.783. The average molecular weight is 1880 g/mol. The summed E-state index contributed by atoms with van der Waals surface area (Å²) in [6.07, 6.45) is -50.9. The van der Waals surface area contributed by atoms with Gasteiger partial charge in [0.15, 0.2) is 44.0 Å². The van der Waals surface area contributed by atoms with Crippen LogP contribution in [0.25, 0.3) is 0 Å². The Kier molecular flexibility index (Phi) is 50.9. The summed E-state index contributed by atoms with van der Waals surface area (Å²) in [6.45, 7) is 1.19. The molecule has 0 radical (unpaired) electrons. The van der Waals surface area contributed by atoms with Gasteiger partial charge in [0.2, 0.25) is 41.4 Å². The van der Waals surface area contributed by atoms with Crippen LogP contribution in [-0.2, 0) is 99.9 Å². The smallest absolute Gasteiger partial charge is 0.242 e. The van der Waals surface area contributed by atoms with Gasteiger partial charge in [0.25, 0.3) is 0 Å². The molecular weight excluding hydrogens is 1740 g/mol. The molecule has 7 aliphatic rings. The Morgan fingerprint density at radius 3 is 0.922 bits per heavy atom. The van der Waals surface area contributed by atoms with Crippen molar-refractivity contribution in [1.82, 2.24) is 37.2 Å². The summed E-state index contributed by atoms with van der Waals surface area (Å²) in [5.74, 6) is -2.04. The van der Waals surface area contributed by atoms with Gasteiger partial charge in [0.1, 0.15) is 171 Å². The van der Waals surface area contributed by atoms with Gasteiger partial charge in [-0.25, -0.2) is 0 Å². The van der Waals surface area contributed by atoms with E-state index in [4.69, 9.17) is 66.3 Å². The van der Waals surface area contributed by atoms with E-state index in [0.717, 1.165) is 0 Å². The van der Waals surface area contributed by atoms with E-state index in [-0.39, 0.29) is 108 Å². The van der Waals surface area contributed by atoms with Gasteiger partial charge in [-0.2, -0.15) is 0 Å². The third kappa shape index (κ3) is 34.8. The van der Waals surface area contributed by atoms with Crippen molar-refractivity contribution in [3.63, 3.8) is 0 Å². The topological polar surface area (TPSA) is 798 Å². The number of aliphatic hydroxyl groups is 23. The molecule has 7 fully saturated rings. The fraction of sp³-hybridized carbons (Fsp3) is 0.910. The third-order valence-corrected chi connectivity index (χ3v) is 22.3. The molecule has 36 atom stereocenters. The highest BCUT2D eigenvalue weighted by Gasteiger charge is 2.55. The number of unbranched alkanes of at least 4 members (excludes halogenated alkanes) is 6. The van der Waals surface area contributed by atoms with Crippen LogP contribution in [0.5, 0.6) is 0 Å². The lowest BCUT2D eigenvalue weighted by Crippen LogP contribution is -2.65. The molecule has 0 aliphatic carbocycles. The van der Waals surface area contributed by atoms with E-state index < -0.39 is 272 Å². The monoisotopic (exact) mass is 1880 g/mol. The standard InChI is InChI=1S/C50H89N5O26.C28H50N2O18/c1-3-51-30(58)13-6-4-5-7-16-33(61)55-26(12-10-11-17-52-31(59)14-8-9-15-32(60)53-18-20-74-47-41(69)38(66)34(62)25(2)77-47)46(73)54-19-21-75-49-44(72)45(81-50-43(71)40(68)36(64)28(23-57)79-50)37(65)29(80-49)24-76-48-42(70)39(67)35(63)27(22-56)78-48;1-2-29-15(33)5-3-4-6-16(34)30-7-8-43-27-24(42)25(48-28-23(41)21(39)18(36)13(10-32)46-28)19(37)14(47-27)11-44-26-22(40)20(38)17(35)12(9-31)45-26/h25-29,34-45,47-50,56-57,62-72H,3-24H2,1-2H3,(H,51,58)(H,52,59)(H,53,60)(H,54,73)(H,55,61);12-14,17-28,31-32,35-42H,2-11H2,1H3,(H,29,33)(H,30,34)/t25-,26-,27+,28+,29+,34+,35+,36+,37+,38+,39-,40-,41-,42-,43-,44-,45-,47+,48-,49-,50+;12-,13-,14-,17-,18-,19-,20+,21+,22+,23+,24+,25+,26+,27+,28-/m01/s1. The van der Waals surface area contributed by atoms with Crippen molar-refractivity contribution in [3.05, 3.63) is 0 Å². The first kappa shape index (κ1) is 113. The second kappa shape index (κ2) is 58.3. The number of carbonyl (C=O) groups is 7. The fourth-order valence-electron chi connectivity index (χ4n) is 14.6. The van der Waals surface area contributed by atoms with Crippen LogP contribution in [0.2, 0.25) is 0 Å². The van der Waals surface area contributed by atoms with Gasteiger partial charge in [-0.3, -0.25) is 33.6 Å². The molecule has 30 N–H and O–H groups in total. The predicted molar refractivity (Wildman–Crippen MR) is 428 cm³/mol. The molecule has 7 aliphatic heterocycles. The van der Waals surface area contributed by atoms with E-state index in [0.29, 0.717) is 90.1 Å². The number of ether oxygens (including phenoxy) is 14. The van der Waals surface area contributed by atoms with Crippen LogP contribution in [0, 0.1) is 0 Å². The van der Waals surface area contributed by atoms with E-state index in [2.05, 4.69) is 37.2 Å². The highest BCUT2D eigenvalue weighted by Crippen LogP contribution is 2.35. The zero-order chi connectivity index (χ0) is 95.3. The van der Waals surface area contributed by atoms with Crippen molar-refractivity contribution < 1.29 is 217 Å². The SMILES string of the molecule is CCNC(=O)CCCCC(=O)NCCO[C@H]1O[C@H](CO[C@H]2O[C@H](CO)[C@@H](O)[C@H](O)[C@@H]2O)[C@@H](O)[C@H](O[C@H]2O[C@H](CO)[C@@H](O)[C@H](O)[C@@H]2O)[C@@H]1O.CCNC(=O)CCCCCCC(=O)N[C@@H](CCCCNC(=O)CCCCC(=O)NCCO[C@@H]1O[C@@H](C)[C@@H](O)[C@@H](O)[C@@H]1O)C(=O)NCCO[C@H]1O[C@H](CO[C@H]2O[C@H](CO)[C@@H](O)[C@H](O)[C@@H]2O)[C@@H](O)[C@H](O[C@H]2O[C@H](CO)[C@@H](O)[C@H](O)[C@@H]2O)[C@@H]1O. The first-order valence-corrected chi connectivity index (χ1v) is 43.7. The van der Waals surface area contributed by atoms with E-state index in [1.165, 1.54) is 6.92 Å². The van der Waals surface area contributed by atoms with E-state index >= 15 is 0 Å². The number of aliphatic hydroxyl groups excluding tert-OH is 23. The molecule has 7 heterocycles. The summed E-state index contributed by atoms with van der Waals surface area (Å²) in [5.41, 5.74) is 0. The number of hydrogen-bond donors (Lipinski definition) is 30. The maximum Gasteiger partial charge on any atom is 0.242 e. The summed E-state index contributed by atoms with van der Waals surface area (Å²) in [4.78, 5) is 87.1. The molecule has 51 heteroatoms. The van der Waals surface area contributed by atoms with Crippen LogP contribution in [-0.4, -0.2) is 479 Å². The molecule has 7 rings (SSSR count). The first-order valence-electron chi connectivity index (χ1n) is 43.7. The van der Waals surface area contributed by atoms with Gasteiger partial charge in [-0.05, 0) is 78.6 Å². The van der Waals surface area contributed by atoms with Gasteiger partial charge in [0, 0.05) is 77.8 Å². The van der Waals surface area contributed by atoms with Gasteiger partial charge >= 0.3 is 0 Å². The van der Waals surface area contributed by atoms with E-state index in [1.54, 1.807) is 6.92 Å². The first-order chi connectivity index (χ1) is 61.5. The summed E-state index contributed by atoms with van der Waals surface area (Å²) in [6, 6.07) is -1.05. The summed E-state index contributed by atoms with van der Waals surface area (Å²) >= 11 is 0. The summed E-state index contributed by atoms with van der Waals surface area (Å²) in [7, 11) is 0. The third-order valence-electron chi connectivity index (χ3n) is 22.3. The van der Waals surface area contributed by atoms with Gasteiger partial charge in [-0.1, -0.05) is 12.8 Å². The maximum atomic E-state index is 13.6. The minimum atomic E-state index is -1.97. The van der Waals surface area contributed by atoms with Gasteiger partial charge < -0.3 is 221 Å². The Morgan fingerprint density at radius 1 is 0.279 bits per heavy atom. The second-order valence-electron chi connectivity index (χ2n) is 32.2.